The lowest BCUT2D eigenvalue weighted by atomic mass is 9.93. The monoisotopic (exact) mass is 504 g/mol. The van der Waals surface area contributed by atoms with Gasteiger partial charge in [-0.1, -0.05) is 11.3 Å². The molecule has 2 aromatic rings. The van der Waals surface area contributed by atoms with Crippen molar-refractivity contribution in [1.82, 2.24) is 25.3 Å². The summed E-state index contributed by atoms with van der Waals surface area (Å²) in [6, 6.07) is 5.36. The van der Waals surface area contributed by atoms with Crippen LogP contribution in [0.3, 0.4) is 0 Å². The van der Waals surface area contributed by atoms with Crippen LogP contribution in [0.2, 0.25) is 0 Å². The average molecular weight is 505 g/mol. The topological polar surface area (TPSA) is 117 Å². The van der Waals surface area contributed by atoms with E-state index in [1.165, 1.54) is 24.3 Å². The number of piperidine rings is 1. The quantitative estimate of drug-likeness (QED) is 0.561. The fourth-order valence-electron chi connectivity index (χ4n) is 4.11. The number of rotatable bonds is 8. The summed E-state index contributed by atoms with van der Waals surface area (Å²) in [7, 11) is 0. The van der Waals surface area contributed by atoms with Gasteiger partial charge in [-0.05, 0) is 43.0 Å². The molecule has 2 aliphatic rings. The van der Waals surface area contributed by atoms with E-state index in [0.29, 0.717) is 31.7 Å². The van der Waals surface area contributed by atoms with Gasteiger partial charge in [0.25, 0.3) is 11.8 Å². The van der Waals surface area contributed by atoms with Crippen LogP contribution >= 0.6 is 11.3 Å². The van der Waals surface area contributed by atoms with Gasteiger partial charge in [0.2, 0.25) is 15.9 Å². The second kappa shape index (κ2) is 12.1. The summed E-state index contributed by atoms with van der Waals surface area (Å²) in [5.41, 5.74) is 0.423. The van der Waals surface area contributed by atoms with E-state index in [0.717, 1.165) is 57.0 Å². The first-order chi connectivity index (χ1) is 17.0. The SMILES string of the molecule is O=C(CC1CCN(C(=O)c2nnc(C(=O)Nc3ccc(F)cc3)s2)CC1)NCCN1CCOCC1. The highest BCUT2D eigenvalue weighted by atomic mass is 32.1. The summed E-state index contributed by atoms with van der Waals surface area (Å²) < 4.78 is 18.3. The smallest absolute Gasteiger partial charge is 0.286 e. The molecule has 2 aliphatic heterocycles. The zero-order valence-corrected chi connectivity index (χ0v) is 20.2. The van der Waals surface area contributed by atoms with Gasteiger partial charge >= 0.3 is 0 Å². The zero-order valence-electron chi connectivity index (χ0n) is 19.4. The number of amides is 3. The van der Waals surface area contributed by atoms with Gasteiger partial charge in [-0.15, -0.1) is 10.2 Å². The van der Waals surface area contributed by atoms with Gasteiger partial charge in [0.1, 0.15) is 5.82 Å². The van der Waals surface area contributed by atoms with Gasteiger partial charge in [0.05, 0.1) is 13.2 Å². The number of carbonyl (C=O) groups is 3. The van der Waals surface area contributed by atoms with Gasteiger partial charge in [-0.2, -0.15) is 0 Å². The first-order valence-corrected chi connectivity index (χ1v) is 12.6. The molecule has 0 bridgehead atoms. The number of benzene rings is 1. The van der Waals surface area contributed by atoms with Crippen LogP contribution in [-0.4, -0.2) is 90.2 Å². The summed E-state index contributed by atoms with van der Waals surface area (Å²) in [4.78, 5) is 41.4. The highest BCUT2D eigenvalue weighted by molar-refractivity contribution is 7.15. The van der Waals surface area contributed by atoms with Crippen molar-refractivity contribution < 1.29 is 23.5 Å². The van der Waals surface area contributed by atoms with Crippen molar-refractivity contribution in [3.8, 4) is 0 Å². The molecule has 0 aliphatic carbocycles. The fraction of sp³-hybridized carbons (Fsp3) is 0.522. The standard InChI is InChI=1S/C23H29FN6O4S/c24-17-1-3-18(4-2-17)26-20(32)21-27-28-22(35-21)23(33)30-8-5-16(6-9-30)15-19(31)25-7-10-29-11-13-34-14-12-29/h1-4,16H,5-15H2,(H,25,31)(H,26,32). The van der Waals surface area contributed by atoms with Crippen molar-refractivity contribution in [2.24, 2.45) is 5.92 Å². The number of hydrogen-bond donors (Lipinski definition) is 2. The number of carbonyl (C=O) groups excluding carboxylic acids is 3. The number of morpholine rings is 1. The van der Waals surface area contributed by atoms with Gasteiger partial charge in [0.15, 0.2) is 0 Å². The molecule has 3 heterocycles. The van der Waals surface area contributed by atoms with Crippen molar-refractivity contribution in [3.05, 3.63) is 40.1 Å². The molecular weight excluding hydrogens is 475 g/mol. The van der Waals surface area contributed by atoms with E-state index in [1.54, 1.807) is 4.90 Å². The Morgan fingerprint density at radius 2 is 1.71 bits per heavy atom. The van der Waals surface area contributed by atoms with E-state index in [1.807, 2.05) is 0 Å². The van der Waals surface area contributed by atoms with Crippen LogP contribution in [-0.2, 0) is 9.53 Å². The van der Waals surface area contributed by atoms with Crippen LogP contribution < -0.4 is 10.6 Å². The number of halogens is 1. The van der Waals surface area contributed by atoms with Crippen molar-refractivity contribution in [1.29, 1.82) is 0 Å². The Balaban J connectivity index is 1.18. The third-order valence-corrected chi connectivity index (χ3v) is 7.04. The minimum absolute atomic E-state index is 0.0453. The number of anilines is 1. The van der Waals surface area contributed by atoms with E-state index in [9.17, 15) is 18.8 Å². The molecule has 0 atom stereocenters. The first-order valence-electron chi connectivity index (χ1n) is 11.7. The lowest BCUT2D eigenvalue weighted by molar-refractivity contribution is -0.122. The van der Waals surface area contributed by atoms with Crippen LogP contribution in [0.5, 0.6) is 0 Å². The third-order valence-electron chi connectivity index (χ3n) is 6.13. The van der Waals surface area contributed by atoms with Crippen LogP contribution in [0.25, 0.3) is 0 Å². The molecule has 0 radical (unpaired) electrons. The Bertz CT molecular complexity index is 1020. The van der Waals surface area contributed by atoms with E-state index in [-0.39, 0.29) is 27.7 Å². The second-order valence-corrected chi connectivity index (χ2v) is 9.59. The molecule has 2 fully saturated rings. The molecule has 2 saturated heterocycles. The third kappa shape index (κ3) is 7.26. The zero-order chi connectivity index (χ0) is 24.6. The highest BCUT2D eigenvalue weighted by Crippen LogP contribution is 2.23. The van der Waals surface area contributed by atoms with E-state index in [2.05, 4.69) is 25.7 Å². The molecule has 0 spiro atoms. The lowest BCUT2D eigenvalue weighted by Crippen LogP contribution is -2.42. The fourth-order valence-corrected chi connectivity index (χ4v) is 4.81. The van der Waals surface area contributed by atoms with E-state index >= 15 is 0 Å². The van der Waals surface area contributed by atoms with Crippen LogP contribution in [0.1, 0.15) is 38.9 Å². The molecular formula is C23H29FN6O4S. The molecule has 10 nitrogen and oxygen atoms in total. The summed E-state index contributed by atoms with van der Waals surface area (Å²) in [6.45, 7) is 5.80. The molecule has 2 N–H and O–H groups in total. The summed E-state index contributed by atoms with van der Waals surface area (Å²) in [5, 5.41) is 13.5. The maximum atomic E-state index is 13.0. The van der Waals surface area contributed by atoms with Crippen LogP contribution in [0.15, 0.2) is 24.3 Å². The molecule has 188 valence electrons. The second-order valence-electron chi connectivity index (χ2n) is 8.62. The molecule has 1 aromatic carbocycles. The lowest BCUT2D eigenvalue weighted by Gasteiger charge is -2.31. The molecule has 12 heteroatoms. The van der Waals surface area contributed by atoms with Crippen molar-refractivity contribution in [2.45, 2.75) is 19.3 Å². The van der Waals surface area contributed by atoms with Gasteiger partial charge in [0, 0.05) is 51.4 Å². The Morgan fingerprint density at radius 3 is 2.43 bits per heavy atom. The molecule has 1 aromatic heterocycles. The van der Waals surface area contributed by atoms with Crippen molar-refractivity contribution in [2.75, 3.05) is 57.8 Å². The number of nitrogens with zero attached hydrogens (tertiary/aromatic N) is 4. The predicted molar refractivity (Wildman–Crippen MR) is 128 cm³/mol. The number of ether oxygens (including phenoxy) is 1. The van der Waals surface area contributed by atoms with Crippen molar-refractivity contribution >= 4 is 34.7 Å². The Hall–Kier alpha value is -2.96. The predicted octanol–water partition coefficient (Wildman–Crippen LogP) is 1.62. The van der Waals surface area contributed by atoms with Gasteiger partial charge in [-0.25, -0.2) is 4.39 Å². The minimum Gasteiger partial charge on any atom is -0.379 e. The largest absolute Gasteiger partial charge is 0.379 e. The normalized spacial score (nSPS) is 17.2. The molecule has 35 heavy (non-hydrogen) atoms. The number of aromatic nitrogens is 2. The minimum atomic E-state index is -0.508. The van der Waals surface area contributed by atoms with Crippen LogP contribution in [0, 0.1) is 11.7 Å². The number of nitrogens with one attached hydrogen (secondary N) is 2. The maximum absolute atomic E-state index is 13.0. The molecule has 4 rings (SSSR count). The number of hydrogen-bond acceptors (Lipinski definition) is 8. The Morgan fingerprint density at radius 1 is 1.03 bits per heavy atom. The van der Waals surface area contributed by atoms with E-state index in [4.69, 9.17) is 4.74 Å². The molecule has 3 amide bonds. The summed E-state index contributed by atoms with van der Waals surface area (Å²) in [5.74, 6) is -0.902. The highest BCUT2D eigenvalue weighted by Gasteiger charge is 2.28. The van der Waals surface area contributed by atoms with Crippen LogP contribution in [0.4, 0.5) is 10.1 Å². The Kier molecular flexibility index (Phi) is 8.72. The summed E-state index contributed by atoms with van der Waals surface area (Å²) >= 11 is 0.922. The molecule has 0 unspecified atom stereocenters. The van der Waals surface area contributed by atoms with Crippen molar-refractivity contribution in [3.63, 3.8) is 0 Å². The van der Waals surface area contributed by atoms with Gasteiger partial charge in [-0.3, -0.25) is 19.3 Å². The Labute approximate surface area is 206 Å². The average Bonchev–Trinajstić information content (AvgIpc) is 3.37. The summed E-state index contributed by atoms with van der Waals surface area (Å²) in [6.07, 6.45) is 1.93. The van der Waals surface area contributed by atoms with E-state index < -0.39 is 11.7 Å². The maximum Gasteiger partial charge on any atom is 0.286 e. The number of likely N-dealkylation sites (tertiary alicyclic amines) is 1. The van der Waals surface area contributed by atoms with Gasteiger partial charge < -0.3 is 20.3 Å². The molecule has 0 saturated carbocycles. The first kappa shape index (κ1) is 25.1.